The van der Waals surface area contributed by atoms with Crippen molar-refractivity contribution in [3.8, 4) is 11.3 Å². The summed E-state index contributed by atoms with van der Waals surface area (Å²) in [7, 11) is -3.99. The summed E-state index contributed by atoms with van der Waals surface area (Å²) < 4.78 is 51.0. The molecule has 2 N–H and O–H groups in total. The average molecular weight is 614 g/mol. The fraction of sp³-hybridized carbons (Fsp3) is 0.484. The Balaban J connectivity index is 1.32. The first-order valence-electron chi connectivity index (χ1n) is 14.5. The molecule has 3 unspecified atom stereocenters. The van der Waals surface area contributed by atoms with Crippen molar-refractivity contribution in [2.45, 2.75) is 63.0 Å². The van der Waals surface area contributed by atoms with Crippen molar-refractivity contribution in [3.05, 3.63) is 72.3 Å². The standard InChI is InChI=1S/C31H39N3O8S/c1-20(2)16-34(43(37,38)24-11-9-23(10-12-24)27-18-40-21(3)32-27)17-28(35)26(15-22-7-5-4-6-8-22)33-31(36)42-29-19-41-30-25(29)13-14-39-30/h4-12,18,20,25-26,28-30,35H,13-17,19H2,1-3H3,(H,33,36)/t25?,26-,28-,29?,30?/m0/s1. The summed E-state index contributed by atoms with van der Waals surface area (Å²) in [5.74, 6) is 0.461. The normalized spacial score (nSPS) is 21.6. The molecule has 0 bridgehead atoms. The van der Waals surface area contributed by atoms with Crippen LogP contribution in [0.1, 0.15) is 31.7 Å². The zero-order valence-electron chi connectivity index (χ0n) is 24.6. The number of ether oxygens (including phenoxy) is 3. The van der Waals surface area contributed by atoms with Crippen molar-refractivity contribution in [3.63, 3.8) is 0 Å². The number of alkyl carbamates (subject to hydrolysis) is 1. The van der Waals surface area contributed by atoms with Crippen molar-refractivity contribution in [1.29, 1.82) is 0 Å². The first-order chi connectivity index (χ1) is 20.6. The van der Waals surface area contributed by atoms with Crippen molar-refractivity contribution in [2.75, 3.05) is 26.3 Å². The summed E-state index contributed by atoms with van der Waals surface area (Å²) in [5, 5.41) is 14.3. The summed E-state index contributed by atoms with van der Waals surface area (Å²) in [5.41, 5.74) is 2.20. The van der Waals surface area contributed by atoms with E-state index in [1.54, 1.807) is 19.1 Å². The van der Waals surface area contributed by atoms with E-state index in [-0.39, 0.29) is 49.1 Å². The zero-order valence-corrected chi connectivity index (χ0v) is 25.4. The van der Waals surface area contributed by atoms with Crippen molar-refractivity contribution in [1.82, 2.24) is 14.6 Å². The molecule has 12 heteroatoms. The number of oxazole rings is 1. The lowest BCUT2D eigenvalue weighted by Gasteiger charge is -2.31. The van der Waals surface area contributed by atoms with Gasteiger partial charge in [-0.3, -0.25) is 0 Å². The van der Waals surface area contributed by atoms with Crippen LogP contribution in [0.5, 0.6) is 0 Å². The van der Waals surface area contributed by atoms with Gasteiger partial charge in [-0.15, -0.1) is 0 Å². The monoisotopic (exact) mass is 613 g/mol. The molecule has 43 heavy (non-hydrogen) atoms. The first-order valence-corrected chi connectivity index (χ1v) is 16.0. The maximum absolute atomic E-state index is 13.8. The van der Waals surface area contributed by atoms with Crippen LogP contribution >= 0.6 is 0 Å². The molecule has 1 aromatic heterocycles. The smallest absolute Gasteiger partial charge is 0.407 e. The fourth-order valence-corrected chi connectivity index (χ4v) is 7.10. The lowest BCUT2D eigenvalue weighted by Crippen LogP contribution is -2.51. The molecule has 1 amide bonds. The molecule has 2 fully saturated rings. The number of aryl methyl sites for hydroxylation is 1. The maximum Gasteiger partial charge on any atom is 0.407 e. The number of aromatic nitrogens is 1. The van der Waals surface area contributed by atoms with E-state index in [0.717, 1.165) is 17.5 Å². The molecule has 232 valence electrons. The Morgan fingerprint density at radius 1 is 1.12 bits per heavy atom. The molecule has 0 saturated carbocycles. The minimum absolute atomic E-state index is 0.0196. The zero-order chi connectivity index (χ0) is 30.6. The van der Waals surface area contributed by atoms with Gasteiger partial charge in [0.1, 0.15) is 18.1 Å². The Morgan fingerprint density at radius 2 is 1.86 bits per heavy atom. The summed E-state index contributed by atoms with van der Waals surface area (Å²) in [6.07, 6.45) is -0.227. The van der Waals surface area contributed by atoms with Gasteiger partial charge in [0.25, 0.3) is 0 Å². The number of rotatable bonds is 12. The van der Waals surface area contributed by atoms with E-state index in [4.69, 9.17) is 18.6 Å². The van der Waals surface area contributed by atoms with Gasteiger partial charge >= 0.3 is 6.09 Å². The number of fused-ring (bicyclic) bond motifs is 1. The lowest BCUT2D eigenvalue weighted by atomic mass is 10.0. The minimum Gasteiger partial charge on any atom is -0.449 e. The Bertz CT molecular complexity index is 1460. The molecule has 2 aliphatic rings. The minimum atomic E-state index is -3.99. The van der Waals surface area contributed by atoms with E-state index in [9.17, 15) is 18.3 Å². The molecule has 2 saturated heterocycles. The molecule has 2 aromatic carbocycles. The highest BCUT2D eigenvalue weighted by molar-refractivity contribution is 7.89. The average Bonchev–Trinajstić information content (AvgIpc) is 3.72. The highest BCUT2D eigenvalue weighted by Crippen LogP contribution is 2.33. The number of nitrogens with one attached hydrogen (secondary N) is 1. The SMILES string of the molecule is Cc1nc(-c2ccc(S(=O)(=O)N(CC(C)C)C[C@H](O)[C@H](Cc3ccccc3)NC(=O)OC3COC4OCCC34)cc2)co1. The van der Waals surface area contributed by atoms with Crippen LogP contribution in [0.3, 0.4) is 0 Å². The molecular formula is C31H39N3O8S. The second kappa shape index (κ2) is 13.6. The van der Waals surface area contributed by atoms with Gasteiger partial charge in [0.2, 0.25) is 10.0 Å². The van der Waals surface area contributed by atoms with Crippen LogP contribution in [0.25, 0.3) is 11.3 Å². The molecular weight excluding hydrogens is 574 g/mol. The topological polar surface area (TPSA) is 140 Å². The number of carbonyl (C=O) groups excluding carboxylic acids is 1. The summed E-state index contributed by atoms with van der Waals surface area (Å²) in [6.45, 7) is 6.29. The Labute approximate surface area is 252 Å². The lowest BCUT2D eigenvalue weighted by molar-refractivity contribution is -0.0907. The molecule has 3 heterocycles. The quantitative estimate of drug-likeness (QED) is 0.312. The third-order valence-electron chi connectivity index (χ3n) is 7.68. The second-order valence-corrected chi connectivity index (χ2v) is 13.4. The van der Waals surface area contributed by atoms with Gasteiger partial charge in [-0.2, -0.15) is 4.31 Å². The van der Waals surface area contributed by atoms with Crippen molar-refractivity contribution in [2.24, 2.45) is 11.8 Å². The number of sulfonamides is 1. The Hall–Kier alpha value is -3.29. The van der Waals surface area contributed by atoms with E-state index in [1.807, 2.05) is 44.2 Å². The van der Waals surface area contributed by atoms with Gasteiger partial charge in [-0.25, -0.2) is 18.2 Å². The van der Waals surface area contributed by atoms with E-state index in [0.29, 0.717) is 18.2 Å². The molecule has 0 radical (unpaired) electrons. The summed E-state index contributed by atoms with van der Waals surface area (Å²) >= 11 is 0. The predicted octanol–water partition coefficient (Wildman–Crippen LogP) is 3.76. The Kier molecular flexibility index (Phi) is 9.82. The predicted molar refractivity (Wildman–Crippen MR) is 157 cm³/mol. The number of aliphatic hydroxyl groups excluding tert-OH is 1. The van der Waals surface area contributed by atoms with Gasteiger partial charge in [0.15, 0.2) is 12.2 Å². The molecule has 0 spiro atoms. The van der Waals surface area contributed by atoms with E-state index >= 15 is 0 Å². The highest BCUT2D eigenvalue weighted by atomic mass is 32.2. The highest BCUT2D eigenvalue weighted by Gasteiger charge is 2.44. The molecule has 11 nitrogen and oxygen atoms in total. The Morgan fingerprint density at radius 3 is 2.53 bits per heavy atom. The van der Waals surface area contributed by atoms with E-state index in [2.05, 4.69) is 10.3 Å². The van der Waals surface area contributed by atoms with Gasteiger partial charge in [-0.05, 0) is 36.5 Å². The third kappa shape index (κ3) is 7.63. The third-order valence-corrected chi connectivity index (χ3v) is 9.52. The number of hydrogen-bond donors (Lipinski definition) is 2. The molecule has 2 aliphatic heterocycles. The van der Waals surface area contributed by atoms with Gasteiger partial charge in [0, 0.05) is 25.6 Å². The number of nitrogens with zero attached hydrogens (tertiary/aromatic N) is 2. The van der Waals surface area contributed by atoms with E-state index in [1.165, 1.54) is 22.7 Å². The van der Waals surface area contributed by atoms with Crippen LogP contribution < -0.4 is 5.32 Å². The van der Waals surface area contributed by atoms with Gasteiger partial charge in [0.05, 0.1) is 36.2 Å². The largest absolute Gasteiger partial charge is 0.449 e. The van der Waals surface area contributed by atoms with Crippen molar-refractivity contribution < 1.29 is 36.9 Å². The van der Waals surface area contributed by atoms with E-state index < -0.39 is 34.4 Å². The number of aliphatic hydroxyl groups is 1. The van der Waals surface area contributed by atoms with Gasteiger partial charge in [-0.1, -0.05) is 56.3 Å². The number of benzene rings is 2. The fourth-order valence-electron chi connectivity index (χ4n) is 5.48. The van der Waals surface area contributed by atoms with Crippen LogP contribution in [0.2, 0.25) is 0 Å². The number of carbonyl (C=O) groups is 1. The maximum atomic E-state index is 13.8. The van der Waals surface area contributed by atoms with Crippen LogP contribution in [-0.2, 0) is 30.7 Å². The van der Waals surface area contributed by atoms with Crippen molar-refractivity contribution >= 4 is 16.1 Å². The number of amides is 1. The summed E-state index contributed by atoms with van der Waals surface area (Å²) in [6, 6.07) is 15.0. The molecule has 5 rings (SSSR count). The molecule has 0 aliphatic carbocycles. The molecule has 3 aromatic rings. The van der Waals surface area contributed by atoms with Crippen LogP contribution in [-0.4, -0.2) is 79.7 Å². The van der Waals surface area contributed by atoms with Gasteiger partial charge < -0.3 is 29.1 Å². The molecule has 5 atom stereocenters. The van der Waals surface area contributed by atoms with Crippen LogP contribution in [0.15, 0.2) is 70.2 Å². The number of hydrogen-bond acceptors (Lipinski definition) is 9. The van der Waals surface area contributed by atoms with Crippen LogP contribution in [0, 0.1) is 18.8 Å². The van der Waals surface area contributed by atoms with Crippen LogP contribution in [0.4, 0.5) is 4.79 Å². The second-order valence-electron chi connectivity index (χ2n) is 11.5. The first kappa shape index (κ1) is 31.1. The summed E-state index contributed by atoms with van der Waals surface area (Å²) in [4.78, 5) is 17.4.